The SMILES string of the molecule is COc1ccc(CNC(=O)Cc2ccc3c(c2)OCO3)cc1C(=O)O. The Morgan fingerprint density at radius 2 is 1.88 bits per heavy atom. The number of carboxylic acid groups (broad SMARTS) is 1. The van der Waals surface area contributed by atoms with Gasteiger partial charge in [0.05, 0.1) is 13.5 Å². The van der Waals surface area contributed by atoms with Crippen LogP contribution in [-0.2, 0) is 17.8 Å². The molecule has 25 heavy (non-hydrogen) atoms. The van der Waals surface area contributed by atoms with E-state index in [1.54, 1.807) is 24.3 Å². The van der Waals surface area contributed by atoms with Gasteiger partial charge in [-0.1, -0.05) is 12.1 Å². The van der Waals surface area contributed by atoms with E-state index in [0.717, 1.165) is 5.56 Å². The van der Waals surface area contributed by atoms with E-state index < -0.39 is 5.97 Å². The molecule has 7 heteroatoms. The number of fused-ring (bicyclic) bond motifs is 1. The van der Waals surface area contributed by atoms with E-state index in [-0.39, 0.29) is 37.0 Å². The number of hydrogen-bond acceptors (Lipinski definition) is 5. The number of carboxylic acids is 1. The number of ether oxygens (including phenoxy) is 3. The zero-order valence-electron chi connectivity index (χ0n) is 13.6. The highest BCUT2D eigenvalue weighted by atomic mass is 16.7. The summed E-state index contributed by atoms with van der Waals surface area (Å²) in [5, 5.41) is 12.0. The first-order chi connectivity index (χ1) is 12.1. The van der Waals surface area contributed by atoms with Crippen molar-refractivity contribution in [3.8, 4) is 17.2 Å². The highest BCUT2D eigenvalue weighted by molar-refractivity contribution is 5.91. The minimum absolute atomic E-state index is 0.0602. The van der Waals surface area contributed by atoms with Crippen LogP contribution in [0.1, 0.15) is 21.5 Å². The Morgan fingerprint density at radius 1 is 1.12 bits per heavy atom. The van der Waals surface area contributed by atoms with Crippen LogP contribution >= 0.6 is 0 Å². The molecule has 1 aliphatic heterocycles. The quantitative estimate of drug-likeness (QED) is 0.833. The second-order valence-corrected chi connectivity index (χ2v) is 5.48. The molecule has 3 rings (SSSR count). The van der Waals surface area contributed by atoms with Gasteiger partial charge in [-0.25, -0.2) is 4.79 Å². The molecule has 0 unspecified atom stereocenters. The summed E-state index contributed by atoms with van der Waals surface area (Å²) in [6.07, 6.45) is 0.193. The van der Waals surface area contributed by atoms with Gasteiger partial charge in [-0.05, 0) is 35.4 Å². The molecule has 1 amide bonds. The summed E-state index contributed by atoms with van der Waals surface area (Å²) >= 11 is 0. The van der Waals surface area contributed by atoms with Crippen LogP contribution in [0.5, 0.6) is 17.2 Å². The predicted molar refractivity (Wildman–Crippen MR) is 88.1 cm³/mol. The average Bonchev–Trinajstić information content (AvgIpc) is 3.07. The van der Waals surface area contributed by atoms with E-state index in [2.05, 4.69) is 5.32 Å². The van der Waals surface area contributed by atoms with Crippen LogP contribution in [0.2, 0.25) is 0 Å². The van der Waals surface area contributed by atoms with Crippen molar-refractivity contribution < 1.29 is 28.9 Å². The van der Waals surface area contributed by atoms with Gasteiger partial charge < -0.3 is 24.6 Å². The molecule has 0 radical (unpaired) electrons. The van der Waals surface area contributed by atoms with E-state index >= 15 is 0 Å². The van der Waals surface area contributed by atoms with Crippen molar-refractivity contribution in [2.24, 2.45) is 0 Å². The van der Waals surface area contributed by atoms with Gasteiger partial charge in [-0.15, -0.1) is 0 Å². The molecule has 2 N–H and O–H groups in total. The highest BCUT2D eigenvalue weighted by Gasteiger charge is 2.15. The summed E-state index contributed by atoms with van der Waals surface area (Å²) in [4.78, 5) is 23.3. The number of hydrogen-bond donors (Lipinski definition) is 2. The van der Waals surface area contributed by atoms with Gasteiger partial charge in [0.2, 0.25) is 12.7 Å². The summed E-state index contributed by atoms with van der Waals surface area (Å²) in [6, 6.07) is 10.1. The van der Waals surface area contributed by atoms with Crippen LogP contribution in [0.3, 0.4) is 0 Å². The van der Waals surface area contributed by atoms with Crippen LogP contribution < -0.4 is 19.5 Å². The van der Waals surface area contributed by atoms with Crippen LogP contribution in [0.4, 0.5) is 0 Å². The van der Waals surface area contributed by atoms with Gasteiger partial charge in [0, 0.05) is 6.54 Å². The molecule has 2 aromatic carbocycles. The van der Waals surface area contributed by atoms with Gasteiger partial charge in [0.1, 0.15) is 11.3 Å². The molecule has 0 aromatic heterocycles. The number of amides is 1. The lowest BCUT2D eigenvalue weighted by molar-refractivity contribution is -0.120. The molecule has 1 aliphatic rings. The Bertz CT molecular complexity index is 817. The number of carbonyl (C=O) groups is 2. The molecule has 7 nitrogen and oxygen atoms in total. The van der Waals surface area contributed by atoms with Crippen LogP contribution in [-0.4, -0.2) is 30.9 Å². The summed E-state index contributed by atoms with van der Waals surface area (Å²) in [5.74, 6) is 0.329. The second-order valence-electron chi connectivity index (χ2n) is 5.48. The highest BCUT2D eigenvalue weighted by Crippen LogP contribution is 2.32. The minimum atomic E-state index is -1.08. The molecule has 0 spiro atoms. The van der Waals surface area contributed by atoms with Gasteiger partial charge >= 0.3 is 5.97 Å². The number of carbonyl (C=O) groups excluding carboxylic acids is 1. The van der Waals surface area contributed by atoms with E-state index in [9.17, 15) is 14.7 Å². The molecular weight excluding hydrogens is 326 g/mol. The zero-order valence-corrected chi connectivity index (χ0v) is 13.6. The van der Waals surface area contributed by atoms with Crippen LogP contribution in [0.25, 0.3) is 0 Å². The fourth-order valence-electron chi connectivity index (χ4n) is 2.53. The van der Waals surface area contributed by atoms with Crippen LogP contribution in [0, 0.1) is 0 Å². The molecule has 130 valence electrons. The van der Waals surface area contributed by atoms with Crippen molar-refractivity contribution >= 4 is 11.9 Å². The Kier molecular flexibility index (Phi) is 4.74. The Balaban J connectivity index is 1.60. The first-order valence-electron chi connectivity index (χ1n) is 7.62. The normalized spacial score (nSPS) is 11.9. The smallest absolute Gasteiger partial charge is 0.339 e. The lowest BCUT2D eigenvalue weighted by Crippen LogP contribution is -2.24. The molecular formula is C18H17NO6. The second kappa shape index (κ2) is 7.12. The topological polar surface area (TPSA) is 94.1 Å². The largest absolute Gasteiger partial charge is 0.496 e. The third kappa shape index (κ3) is 3.82. The maximum Gasteiger partial charge on any atom is 0.339 e. The summed E-state index contributed by atoms with van der Waals surface area (Å²) in [7, 11) is 1.41. The van der Waals surface area contributed by atoms with Gasteiger partial charge in [0.15, 0.2) is 11.5 Å². The lowest BCUT2D eigenvalue weighted by Gasteiger charge is -2.09. The fraction of sp³-hybridized carbons (Fsp3) is 0.222. The monoisotopic (exact) mass is 343 g/mol. The van der Waals surface area contributed by atoms with Gasteiger partial charge in [-0.2, -0.15) is 0 Å². The Morgan fingerprint density at radius 3 is 2.64 bits per heavy atom. The van der Waals surface area contributed by atoms with E-state index in [1.165, 1.54) is 13.2 Å². The summed E-state index contributed by atoms with van der Waals surface area (Å²) in [6.45, 7) is 0.419. The third-order valence-corrected chi connectivity index (χ3v) is 3.79. The zero-order chi connectivity index (χ0) is 17.8. The van der Waals surface area contributed by atoms with Crippen molar-refractivity contribution in [1.29, 1.82) is 0 Å². The van der Waals surface area contributed by atoms with Crippen molar-refractivity contribution in [3.05, 3.63) is 53.1 Å². The van der Waals surface area contributed by atoms with E-state index in [4.69, 9.17) is 14.2 Å². The summed E-state index contributed by atoms with van der Waals surface area (Å²) in [5.41, 5.74) is 1.55. The number of aromatic carboxylic acids is 1. The fourth-order valence-corrected chi connectivity index (χ4v) is 2.53. The molecule has 0 fully saturated rings. The van der Waals surface area contributed by atoms with Gasteiger partial charge in [-0.3, -0.25) is 4.79 Å². The van der Waals surface area contributed by atoms with E-state index in [1.807, 2.05) is 6.07 Å². The van der Waals surface area contributed by atoms with Crippen molar-refractivity contribution in [1.82, 2.24) is 5.32 Å². The molecule has 1 heterocycles. The number of rotatable bonds is 6. The number of nitrogens with one attached hydrogen (secondary N) is 1. The average molecular weight is 343 g/mol. The standard InChI is InChI=1S/C18H17NO6/c1-23-14-4-3-12(6-13(14)18(21)22)9-19-17(20)8-11-2-5-15-16(7-11)25-10-24-15/h2-7H,8-10H2,1H3,(H,19,20)(H,21,22). The molecule has 0 bridgehead atoms. The summed E-state index contributed by atoms with van der Waals surface area (Å²) < 4.78 is 15.5. The third-order valence-electron chi connectivity index (χ3n) is 3.79. The molecule has 0 saturated carbocycles. The van der Waals surface area contributed by atoms with Crippen molar-refractivity contribution in [2.45, 2.75) is 13.0 Å². The van der Waals surface area contributed by atoms with Crippen molar-refractivity contribution in [3.63, 3.8) is 0 Å². The first-order valence-corrected chi connectivity index (χ1v) is 7.62. The Labute approximate surface area is 144 Å². The lowest BCUT2D eigenvalue weighted by atomic mass is 10.1. The maximum absolute atomic E-state index is 12.1. The number of benzene rings is 2. The first kappa shape index (κ1) is 16.6. The maximum atomic E-state index is 12.1. The van der Waals surface area contributed by atoms with Crippen LogP contribution in [0.15, 0.2) is 36.4 Å². The van der Waals surface area contributed by atoms with Gasteiger partial charge in [0.25, 0.3) is 0 Å². The van der Waals surface area contributed by atoms with E-state index in [0.29, 0.717) is 17.1 Å². The predicted octanol–water partition coefficient (Wildman–Crippen LogP) is 1.98. The van der Waals surface area contributed by atoms with Crippen molar-refractivity contribution in [2.75, 3.05) is 13.9 Å². The number of methoxy groups -OCH3 is 1. The molecule has 2 aromatic rings. The Hall–Kier alpha value is -3.22. The molecule has 0 saturated heterocycles. The minimum Gasteiger partial charge on any atom is -0.496 e. The molecule has 0 aliphatic carbocycles. The molecule has 0 atom stereocenters.